The van der Waals surface area contributed by atoms with Crippen molar-refractivity contribution in [1.82, 2.24) is 15.1 Å². The van der Waals surface area contributed by atoms with Crippen LogP contribution in [0.4, 0.5) is 4.79 Å². The number of ether oxygens (including phenoxy) is 1. The molecule has 4 aromatic rings. The maximum Gasteiger partial charge on any atom is 0.413 e. The fourth-order valence-electron chi connectivity index (χ4n) is 5.46. The second-order valence-electron chi connectivity index (χ2n) is 10.0. The van der Waals surface area contributed by atoms with Crippen LogP contribution in [-0.4, -0.2) is 39.8 Å². The Bertz CT molecular complexity index is 1540. The number of rotatable bonds is 7. The fourth-order valence-corrected chi connectivity index (χ4v) is 5.46. The number of β-lactam (4-membered cyclic amide) rings is 1. The van der Waals surface area contributed by atoms with Crippen LogP contribution in [0.25, 0.3) is 6.08 Å². The Kier molecular flexibility index (Phi) is 7.32. The molecule has 3 amide bonds. The van der Waals surface area contributed by atoms with E-state index in [9.17, 15) is 14.4 Å². The minimum Gasteiger partial charge on any atom is -0.444 e. The Balaban J connectivity index is 1.39. The van der Waals surface area contributed by atoms with Gasteiger partial charge in [0.05, 0.1) is 6.04 Å². The van der Waals surface area contributed by atoms with E-state index in [0.717, 1.165) is 11.1 Å². The average molecular weight is 544 g/mol. The molecule has 7 heteroatoms. The van der Waals surface area contributed by atoms with Gasteiger partial charge < -0.3 is 15.0 Å². The summed E-state index contributed by atoms with van der Waals surface area (Å²) in [7, 11) is 0. The number of nitrogens with zero attached hydrogens (tertiary/aromatic N) is 2. The summed E-state index contributed by atoms with van der Waals surface area (Å²) in [4.78, 5) is 44.4. The van der Waals surface area contributed by atoms with E-state index < -0.39 is 30.4 Å². The molecule has 204 valence electrons. The van der Waals surface area contributed by atoms with Crippen molar-refractivity contribution in [1.29, 1.82) is 0 Å². The third kappa shape index (κ3) is 5.22. The van der Waals surface area contributed by atoms with E-state index >= 15 is 0 Å². The summed E-state index contributed by atoms with van der Waals surface area (Å²) in [6.45, 7) is 0.0553. The number of hydrogen-bond donors (Lipinski definition) is 1. The van der Waals surface area contributed by atoms with Crippen molar-refractivity contribution in [2.24, 2.45) is 0 Å². The predicted octanol–water partition coefficient (Wildman–Crippen LogP) is 5.49. The molecule has 2 saturated heterocycles. The fraction of sp³-hybridized carbons (Fsp3) is 0.147. The van der Waals surface area contributed by atoms with Gasteiger partial charge in [-0.15, -0.1) is 0 Å². The molecule has 2 aliphatic rings. The third-order valence-electron chi connectivity index (χ3n) is 7.44. The van der Waals surface area contributed by atoms with Gasteiger partial charge in [0, 0.05) is 0 Å². The van der Waals surface area contributed by atoms with Gasteiger partial charge >= 0.3 is 6.09 Å². The molecule has 4 atom stereocenters. The van der Waals surface area contributed by atoms with Crippen LogP contribution in [0.3, 0.4) is 0 Å². The van der Waals surface area contributed by atoms with E-state index in [4.69, 9.17) is 4.74 Å². The first-order chi connectivity index (χ1) is 20.1. The van der Waals surface area contributed by atoms with Crippen LogP contribution >= 0.6 is 0 Å². The van der Waals surface area contributed by atoms with Gasteiger partial charge in [-0.25, -0.2) is 4.79 Å². The molecule has 0 aliphatic carbocycles. The monoisotopic (exact) mass is 543 g/mol. The van der Waals surface area contributed by atoms with E-state index in [2.05, 4.69) is 5.32 Å². The summed E-state index contributed by atoms with van der Waals surface area (Å²) in [5, 5.41) is 2.92. The predicted molar refractivity (Wildman–Crippen MR) is 155 cm³/mol. The topological polar surface area (TPSA) is 79.0 Å². The van der Waals surface area contributed by atoms with Crippen molar-refractivity contribution in [2.45, 2.75) is 30.9 Å². The molecule has 0 saturated carbocycles. The Hall–Kier alpha value is -5.17. The SMILES string of the molecule is O=C1NC(C=Cc2ccccc2)C1N1C(=O)C(c2ccccc2)N(C(=O)OCc2ccccc2)C1c1ccccc1. The van der Waals surface area contributed by atoms with Crippen molar-refractivity contribution in [3.8, 4) is 0 Å². The Morgan fingerprint density at radius 2 is 1.32 bits per heavy atom. The van der Waals surface area contributed by atoms with Gasteiger partial charge in [-0.2, -0.15) is 0 Å². The van der Waals surface area contributed by atoms with Crippen LogP contribution in [0.2, 0.25) is 0 Å². The van der Waals surface area contributed by atoms with Gasteiger partial charge in [0.2, 0.25) is 5.91 Å². The normalized spacial score (nSPS) is 22.0. The Labute approximate surface area is 238 Å². The maximum atomic E-state index is 14.4. The number of benzene rings is 4. The van der Waals surface area contributed by atoms with Gasteiger partial charge in [-0.1, -0.05) is 133 Å². The number of carbonyl (C=O) groups is 3. The first kappa shape index (κ1) is 26.1. The van der Waals surface area contributed by atoms with Crippen LogP contribution < -0.4 is 5.32 Å². The number of nitrogens with one attached hydrogen (secondary N) is 1. The summed E-state index contributed by atoms with van der Waals surface area (Å²) in [6.07, 6.45) is 2.34. The second kappa shape index (κ2) is 11.5. The van der Waals surface area contributed by atoms with Crippen LogP contribution in [0.15, 0.2) is 127 Å². The second-order valence-corrected chi connectivity index (χ2v) is 10.0. The molecule has 0 spiro atoms. The molecule has 6 rings (SSSR count). The van der Waals surface area contributed by atoms with Crippen molar-refractivity contribution >= 4 is 24.0 Å². The van der Waals surface area contributed by atoms with E-state index in [0.29, 0.717) is 11.1 Å². The van der Waals surface area contributed by atoms with Crippen molar-refractivity contribution < 1.29 is 19.1 Å². The van der Waals surface area contributed by atoms with Gasteiger partial charge in [-0.05, 0) is 22.3 Å². The zero-order valence-corrected chi connectivity index (χ0v) is 22.2. The van der Waals surface area contributed by atoms with E-state index in [-0.39, 0.29) is 18.4 Å². The Morgan fingerprint density at radius 3 is 1.93 bits per heavy atom. The molecule has 2 heterocycles. The summed E-state index contributed by atoms with van der Waals surface area (Å²) in [5.74, 6) is -0.604. The van der Waals surface area contributed by atoms with Crippen LogP contribution in [0, 0.1) is 0 Å². The van der Waals surface area contributed by atoms with E-state index in [1.807, 2.05) is 133 Å². The first-order valence-corrected chi connectivity index (χ1v) is 13.6. The minimum atomic E-state index is -0.961. The van der Waals surface area contributed by atoms with Crippen LogP contribution in [0.5, 0.6) is 0 Å². The molecule has 0 radical (unpaired) electrons. The lowest BCUT2D eigenvalue weighted by atomic mass is 9.94. The minimum absolute atomic E-state index is 0.0553. The molecule has 0 bridgehead atoms. The molecule has 41 heavy (non-hydrogen) atoms. The lowest BCUT2D eigenvalue weighted by Crippen LogP contribution is -2.69. The Morgan fingerprint density at radius 1 is 0.756 bits per heavy atom. The lowest BCUT2D eigenvalue weighted by molar-refractivity contribution is -0.147. The summed E-state index contributed by atoms with van der Waals surface area (Å²) in [6, 6.07) is 35.4. The zero-order valence-electron chi connectivity index (χ0n) is 22.2. The highest BCUT2D eigenvalue weighted by atomic mass is 16.6. The van der Waals surface area contributed by atoms with Crippen LogP contribution in [0.1, 0.15) is 34.5 Å². The number of carbonyl (C=O) groups excluding carboxylic acids is 3. The average Bonchev–Trinajstić information content (AvgIpc) is 3.31. The number of hydrogen-bond acceptors (Lipinski definition) is 4. The smallest absolute Gasteiger partial charge is 0.413 e. The summed E-state index contributed by atoms with van der Waals surface area (Å²) >= 11 is 0. The van der Waals surface area contributed by atoms with Gasteiger partial charge in [0.15, 0.2) is 0 Å². The quantitative estimate of drug-likeness (QED) is 0.313. The molecule has 2 fully saturated rings. The molecule has 2 aliphatic heterocycles. The number of amides is 3. The highest BCUT2D eigenvalue weighted by molar-refractivity contribution is 5.98. The molecular formula is C34H29N3O4. The third-order valence-corrected chi connectivity index (χ3v) is 7.44. The van der Waals surface area contributed by atoms with E-state index in [1.165, 1.54) is 4.90 Å². The highest BCUT2D eigenvalue weighted by Gasteiger charge is 2.57. The standard InChI is InChI=1S/C34H29N3O4/c38-31-30(28(35-31)22-21-24-13-5-1-6-14-24)36-32(27-19-11-4-12-20-27)37(29(33(36)39)26-17-9-3-10-18-26)34(40)41-23-25-15-7-2-8-16-25/h1-22,28-30,32H,23H2,(H,35,38). The maximum absolute atomic E-state index is 14.4. The van der Waals surface area contributed by atoms with Crippen molar-refractivity contribution in [2.75, 3.05) is 0 Å². The van der Waals surface area contributed by atoms with Crippen molar-refractivity contribution in [3.63, 3.8) is 0 Å². The molecule has 7 nitrogen and oxygen atoms in total. The van der Waals surface area contributed by atoms with Crippen molar-refractivity contribution in [3.05, 3.63) is 150 Å². The highest BCUT2D eigenvalue weighted by Crippen LogP contribution is 2.45. The lowest BCUT2D eigenvalue weighted by Gasteiger charge is -2.43. The molecule has 4 unspecified atom stereocenters. The van der Waals surface area contributed by atoms with E-state index in [1.54, 1.807) is 4.90 Å². The molecular weight excluding hydrogens is 514 g/mol. The zero-order chi connectivity index (χ0) is 28.2. The van der Waals surface area contributed by atoms with Gasteiger partial charge in [0.25, 0.3) is 5.91 Å². The summed E-state index contributed by atoms with van der Waals surface area (Å²) in [5.41, 5.74) is 3.17. The molecule has 4 aromatic carbocycles. The van der Waals surface area contributed by atoms with Gasteiger partial charge in [0.1, 0.15) is 24.9 Å². The first-order valence-electron chi connectivity index (χ1n) is 13.6. The molecule has 1 N–H and O–H groups in total. The van der Waals surface area contributed by atoms with Gasteiger partial charge in [-0.3, -0.25) is 14.5 Å². The molecule has 0 aromatic heterocycles. The van der Waals surface area contributed by atoms with Crippen LogP contribution in [-0.2, 0) is 20.9 Å². The largest absolute Gasteiger partial charge is 0.444 e. The summed E-state index contributed by atoms with van der Waals surface area (Å²) < 4.78 is 5.80.